The van der Waals surface area contributed by atoms with Crippen LogP contribution < -0.4 is 0 Å². The highest BCUT2D eigenvalue weighted by Gasteiger charge is 2.38. The summed E-state index contributed by atoms with van der Waals surface area (Å²) >= 11 is 0. The summed E-state index contributed by atoms with van der Waals surface area (Å²) in [5, 5.41) is 0. The first-order valence-corrected chi connectivity index (χ1v) is 8.00. The van der Waals surface area contributed by atoms with Gasteiger partial charge in [-0.25, -0.2) is 9.69 Å². The number of likely N-dealkylation sites (tertiary alicyclic amines) is 1. The van der Waals surface area contributed by atoms with Crippen molar-refractivity contribution in [2.45, 2.75) is 45.8 Å². The van der Waals surface area contributed by atoms with Gasteiger partial charge in [0.1, 0.15) is 12.2 Å². The summed E-state index contributed by atoms with van der Waals surface area (Å²) in [7, 11) is 0. The number of carbonyl (C=O) groups excluding carboxylic acids is 3. The summed E-state index contributed by atoms with van der Waals surface area (Å²) in [6, 6.07) is 9.24. The maximum Gasteiger partial charge on any atom is 0.416 e. The Kier molecular flexibility index (Phi) is 5.59. The molecule has 0 radical (unpaired) electrons. The first-order valence-electron chi connectivity index (χ1n) is 8.00. The number of imide groups is 1. The van der Waals surface area contributed by atoms with Crippen LogP contribution in [0.4, 0.5) is 4.79 Å². The Morgan fingerprint density at radius 3 is 2.50 bits per heavy atom. The van der Waals surface area contributed by atoms with E-state index in [4.69, 9.17) is 9.47 Å². The molecule has 0 bridgehead atoms. The summed E-state index contributed by atoms with van der Waals surface area (Å²) in [6.45, 7) is 5.69. The van der Waals surface area contributed by atoms with E-state index in [1.165, 1.54) is 0 Å². The van der Waals surface area contributed by atoms with E-state index in [9.17, 15) is 14.4 Å². The average Bonchev–Trinajstić information content (AvgIpc) is 2.85. The van der Waals surface area contributed by atoms with Gasteiger partial charge in [0.05, 0.1) is 12.3 Å². The molecule has 0 saturated carbocycles. The van der Waals surface area contributed by atoms with Crippen LogP contribution in [0.1, 0.15) is 39.2 Å². The van der Waals surface area contributed by atoms with Crippen molar-refractivity contribution in [3.8, 4) is 0 Å². The summed E-state index contributed by atoms with van der Waals surface area (Å²) in [4.78, 5) is 37.2. The Hall–Kier alpha value is -2.37. The summed E-state index contributed by atoms with van der Waals surface area (Å²) in [5.41, 5.74) is 0.260. The second kappa shape index (κ2) is 7.47. The second-order valence-corrected chi connectivity index (χ2v) is 6.81. The topological polar surface area (TPSA) is 72.9 Å². The zero-order chi connectivity index (χ0) is 17.7. The smallest absolute Gasteiger partial charge is 0.416 e. The monoisotopic (exact) mass is 333 g/mol. The lowest BCUT2D eigenvalue weighted by Gasteiger charge is -2.20. The van der Waals surface area contributed by atoms with E-state index < -0.39 is 23.6 Å². The molecule has 2 rings (SSSR count). The lowest BCUT2D eigenvalue weighted by Crippen LogP contribution is -2.35. The van der Waals surface area contributed by atoms with Gasteiger partial charge in [-0.3, -0.25) is 9.59 Å². The maximum absolute atomic E-state index is 12.3. The van der Waals surface area contributed by atoms with Crippen molar-refractivity contribution >= 4 is 18.0 Å². The lowest BCUT2D eigenvalue weighted by molar-refractivity contribution is -0.157. The zero-order valence-corrected chi connectivity index (χ0v) is 14.3. The van der Waals surface area contributed by atoms with Gasteiger partial charge < -0.3 is 9.47 Å². The van der Waals surface area contributed by atoms with E-state index in [-0.39, 0.29) is 25.5 Å². The molecule has 1 heterocycles. The Morgan fingerprint density at radius 2 is 1.88 bits per heavy atom. The number of rotatable bonds is 4. The Morgan fingerprint density at radius 1 is 1.21 bits per heavy atom. The van der Waals surface area contributed by atoms with E-state index >= 15 is 0 Å². The number of hydrogen-bond donors (Lipinski definition) is 0. The highest BCUT2D eigenvalue weighted by molar-refractivity contribution is 5.96. The van der Waals surface area contributed by atoms with Crippen LogP contribution in [0.5, 0.6) is 0 Å². The highest BCUT2D eigenvalue weighted by atomic mass is 16.6. The summed E-state index contributed by atoms with van der Waals surface area (Å²) in [6.07, 6.45) is -0.243. The molecule has 6 nitrogen and oxygen atoms in total. The van der Waals surface area contributed by atoms with Crippen molar-refractivity contribution in [1.29, 1.82) is 0 Å². The van der Waals surface area contributed by atoms with Crippen LogP contribution in [0.3, 0.4) is 0 Å². The minimum atomic E-state index is -0.671. The largest absolute Gasteiger partial charge is 0.460 e. The van der Waals surface area contributed by atoms with E-state index in [0.29, 0.717) is 6.42 Å². The quantitative estimate of drug-likeness (QED) is 0.792. The molecule has 2 amide bonds. The fraction of sp³-hybridized carbons (Fsp3) is 0.500. The van der Waals surface area contributed by atoms with E-state index in [0.717, 1.165) is 10.5 Å². The molecule has 1 aromatic rings. The molecule has 0 aromatic heterocycles. The van der Waals surface area contributed by atoms with Gasteiger partial charge in [0.2, 0.25) is 5.91 Å². The van der Waals surface area contributed by atoms with Gasteiger partial charge in [-0.1, -0.05) is 30.3 Å². The number of hydrogen-bond acceptors (Lipinski definition) is 5. The molecule has 24 heavy (non-hydrogen) atoms. The van der Waals surface area contributed by atoms with Gasteiger partial charge in [-0.05, 0) is 32.8 Å². The molecular weight excluding hydrogens is 310 g/mol. The third-order valence-electron chi connectivity index (χ3n) is 3.58. The molecule has 130 valence electrons. The van der Waals surface area contributed by atoms with Crippen molar-refractivity contribution in [1.82, 2.24) is 4.90 Å². The molecule has 1 unspecified atom stereocenters. The summed E-state index contributed by atoms with van der Waals surface area (Å²) < 4.78 is 10.4. The van der Waals surface area contributed by atoms with Gasteiger partial charge in [0.25, 0.3) is 0 Å². The SMILES string of the molecule is CC(C)(C)OC(=O)CC1CCN(C(=O)OCc2ccccc2)C1=O. The molecule has 1 aliphatic heterocycles. The minimum absolute atomic E-state index is 0.0153. The van der Waals surface area contributed by atoms with Crippen LogP contribution >= 0.6 is 0 Å². The van der Waals surface area contributed by atoms with Gasteiger partial charge in [0, 0.05) is 6.54 Å². The number of benzene rings is 1. The molecule has 1 aromatic carbocycles. The van der Waals surface area contributed by atoms with Gasteiger partial charge in [0.15, 0.2) is 0 Å². The molecule has 0 N–H and O–H groups in total. The predicted molar refractivity (Wildman–Crippen MR) is 86.9 cm³/mol. The number of esters is 1. The molecule has 6 heteroatoms. The zero-order valence-electron chi connectivity index (χ0n) is 14.3. The van der Waals surface area contributed by atoms with Crippen LogP contribution in [-0.2, 0) is 25.7 Å². The molecule has 1 fully saturated rings. The van der Waals surface area contributed by atoms with E-state index in [1.807, 2.05) is 30.3 Å². The molecule has 1 atom stereocenters. The molecular formula is C18H23NO5. The van der Waals surface area contributed by atoms with Crippen LogP contribution in [0.25, 0.3) is 0 Å². The van der Waals surface area contributed by atoms with Crippen molar-refractivity contribution in [2.24, 2.45) is 5.92 Å². The van der Waals surface area contributed by atoms with Crippen LogP contribution in [0, 0.1) is 5.92 Å². The molecule has 0 aliphatic carbocycles. The lowest BCUT2D eigenvalue weighted by atomic mass is 10.0. The fourth-order valence-corrected chi connectivity index (χ4v) is 2.49. The van der Waals surface area contributed by atoms with E-state index in [1.54, 1.807) is 20.8 Å². The first kappa shape index (κ1) is 18.0. The fourth-order valence-electron chi connectivity index (χ4n) is 2.49. The van der Waals surface area contributed by atoms with Crippen molar-refractivity contribution in [3.63, 3.8) is 0 Å². The Bertz CT molecular complexity index is 606. The van der Waals surface area contributed by atoms with Gasteiger partial charge in [-0.2, -0.15) is 0 Å². The molecule has 0 spiro atoms. The van der Waals surface area contributed by atoms with Gasteiger partial charge >= 0.3 is 12.1 Å². The van der Waals surface area contributed by atoms with Crippen molar-refractivity contribution in [3.05, 3.63) is 35.9 Å². The highest BCUT2D eigenvalue weighted by Crippen LogP contribution is 2.24. The minimum Gasteiger partial charge on any atom is -0.460 e. The summed E-state index contributed by atoms with van der Waals surface area (Å²) in [5.74, 6) is -1.33. The standard InChI is InChI=1S/C18H23NO5/c1-18(2,3)24-15(20)11-14-9-10-19(16(14)21)17(22)23-12-13-7-5-4-6-8-13/h4-8,14H,9-12H2,1-3H3. The third kappa shape index (κ3) is 5.08. The Balaban J connectivity index is 1.84. The number of nitrogens with zero attached hydrogens (tertiary/aromatic N) is 1. The number of ether oxygens (including phenoxy) is 2. The van der Waals surface area contributed by atoms with Crippen molar-refractivity contribution in [2.75, 3.05) is 6.54 Å². The van der Waals surface area contributed by atoms with E-state index in [2.05, 4.69) is 0 Å². The van der Waals surface area contributed by atoms with Crippen molar-refractivity contribution < 1.29 is 23.9 Å². The number of carbonyl (C=O) groups is 3. The normalized spacial score (nSPS) is 17.7. The third-order valence-corrected chi connectivity index (χ3v) is 3.58. The van der Waals surface area contributed by atoms with Gasteiger partial charge in [-0.15, -0.1) is 0 Å². The molecule has 1 saturated heterocycles. The van der Waals surface area contributed by atoms with Crippen LogP contribution in [0.2, 0.25) is 0 Å². The number of amides is 2. The second-order valence-electron chi connectivity index (χ2n) is 6.81. The van der Waals surface area contributed by atoms with Crippen LogP contribution in [-0.4, -0.2) is 35.0 Å². The average molecular weight is 333 g/mol. The Labute approximate surface area is 141 Å². The molecule has 1 aliphatic rings. The first-order chi connectivity index (χ1) is 11.3. The maximum atomic E-state index is 12.3. The predicted octanol–water partition coefficient (Wildman–Crippen LogP) is 2.90. The van der Waals surface area contributed by atoms with Crippen LogP contribution in [0.15, 0.2) is 30.3 Å².